The molecular weight excluding hydrogens is 278 g/mol. The highest BCUT2D eigenvalue weighted by atomic mass is 35.5. The minimum atomic E-state index is -0.101. The molecule has 0 unspecified atom stereocenters. The van der Waals surface area contributed by atoms with Crippen molar-refractivity contribution >= 4 is 34.3 Å². The van der Waals surface area contributed by atoms with Crippen molar-refractivity contribution < 1.29 is 4.79 Å². The molecule has 0 spiro atoms. The molecule has 0 aliphatic rings. The van der Waals surface area contributed by atoms with Crippen LogP contribution in [0.4, 0.5) is 10.5 Å². The Morgan fingerprint density at radius 2 is 1.95 bits per heavy atom. The highest BCUT2D eigenvalue weighted by molar-refractivity contribution is 8.13. The van der Waals surface area contributed by atoms with E-state index in [1.165, 1.54) is 11.8 Å². The van der Waals surface area contributed by atoms with E-state index < -0.39 is 0 Å². The maximum atomic E-state index is 11.9. The molecule has 19 heavy (non-hydrogen) atoms. The topological polar surface area (TPSA) is 29.1 Å². The van der Waals surface area contributed by atoms with E-state index in [0.717, 1.165) is 21.7 Å². The lowest BCUT2D eigenvalue weighted by molar-refractivity contribution is 0.269. The molecule has 0 fully saturated rings. The van der Waals surface area contributed by atoms with Gasteiger partial charge in [0.1, 0.15) is 0 Å². The van der Waals surface area contributed by atoms with E-state index in [1.807, 2.05) is 50.2 Å². The van der Waals surface area contributed by atoms with Crippen LogP contribution in [0.15, 0.2) is 47.4 Å². The number of hydrogen-bond acceptors (Lipinski definition) is 2. The summed E-state index contributed by atoms with van der Waals surface area (Å²) in [6, 6.07) is 13.3. The molecule has 0 radical (unpaired) electrons. The smallest absolute Gasteiger partial charge is 0.288 e. The van der Waals surface area contributed by atoms with E-state index in [9.17, 15) is 4.79 Å². The van der Waals surface area contributed by atoms with E-state index in [2.05, 4.69) is 5.32 Å². The number of nitrogens with one attached hydrogen (secondary N) is 1. The Balaban J connectivity index is 2.05. The Morgan fingerprint density at radius 1 is 1.16 bits per heavy atom. The minimum Gasteiger partial charge on any atom is -0.316 e. The van der Waals surface area contributed by atoms with E-state index in [1.54, 1.807) is 6.07 Å². The Morgan fingerprint density at radius 3 is 2.63 bits per heavy atom. The molecule has 0 atom stereocenters. The number of thioether (sulfide) groups is 1. The third-order valence-electron chi connectivity index (χ3n) is 2.63. The minimum absolute atomic E-state index is 0.101. The van der Waals surface area contributed by atoms with Gasteiger partial charge in [-0.25, -0.2) is 0 Å². The van der Waals surface area contributed by atoms with Crippen LogP contribution in [0.25, 0.3) is 0 Å². The van der Waals surface area contributed by atoms with E-state index in [4.69, 9.17) is 11.6 Å². The van der Waals surface area contributed by atoms with Crippen LogP contribution in [0, 0.1) is 13.8 Å². The quantitative estimate of drug-likeness (QED) is 0.763. The van der Waals surface area contributed by atoms with Crippen molar-refractivity contribution in [3.05, 3.63) is 58.6 Å². The van der Waals surface area contributed by atoms with Crippen LogP contribution in [0.2, 0.25) is 5.02 Å². The third kappa shape index (κ3) is 4.01. The van der Waals surface area contributed by atoms with E-state index >= 15 is 0 Å². The predicted octanol–water partition coefficient (Wildman–Crippen LogP) is 5.28. The maximum absolute atomic E-state index is 11.9. The maximum Gasteiger partial charge on any atom is 0.288 e. The number of benzene rings is 2. The molecule has 4 heteroatoms. The highest BCUT2D eigenvalue weighted by Crippen LogP contribution is 2.24. The molecule has 0 aliphatic heterocycles. The molecule has 2 aromatic rings. The fraction of sp³-hybridized carbons (Fsp3) is 0.133. The second-order valence-corrected chi connectivity index (χ2v) is 5.77. The fourth-order valence-corrected chi connectivity index (χ4v) is 2.68. The number of amides is 1. The second kappa shape index (κ2) is 6.13. The van der Waals surface area contributed by atoms with Gasteiger partial charge >= 0.3 is 0 Å². The zero-order valence-corrected chi connectivity index (χ0v) is 12.3. The lowest BCUT2D eigenvalue weighted by Gasteiger charge is -2.08. The van der Waals surface area contributed by atoms with Gasteiger partial charge < -0.3 is 5.32 Å². The Kier molecular flexibility index (Phi) is 4.51. The first-order valence-electron chi connectivity index (χ1n) is 5.86. The summed E-state index contributed by atoms with van der Waals surface area (Å²) in [7, 11) is 0. The third-order valence-corrected chi connectivity index (χ3v) is 3.64. The summed E-state index contributed by atoms with van der Waals surface area (Å²) in [6.45, 7) is 3.92. The molecule has 2 rings (SSSR count). The summed E-state index contributed by atoms with van der Waals surface area (Å²) in [5.74, 6) is 0. The molecular formula is C15H14ClNOS. The number of carbonyl (C=O) groups excluding carboxylic acids is 1. The van der Waals surface area contributed by atoms with Gasteiger partial charge in [-0.1, -0.05) is 29.3 Å². The standard InChI is InChI=1S/C15H14ClNOS/c1-10-4-3-5-13(8-10)19-15(18)17-14-7-6-12(16)9-11(14)2/h3-9H,1-2H3,(H,17,18). The average Bonchev–Trinajstić information content (AvgIpc) is 2.33. The van der Waals surface area contributed by atoms with Crippen molar-refractivity contribution in [2.45, 2.75) is 18.7 Å². The lowest BCUT2D eigenvalue weighted by atomic mass is 10.2. The summed E-state index contributed by atoms with van der Waals surface area (Å²) in [4.78, 5) is 12.9. The van der Waals surface area contributed by atoms with Crippen LogP contribution in [-0.2, 0) is 0 Å². The number of hydrogen-bond donors (Lipinski definition) is 1. The van der Waals surface area contributed by atoms with Gasteiger partial charge in [0.15, 0.2) is 0 Å². The molecule has 1 amide bonds. The average molecular weight is 292 g/mol. The van der Waals surface area contributed by atoms with Crippen molar-refractivity contribution in [2.75, 3.05) is 5.32 Å². The molecule has 2 nitrogen and oxygen atoms in total. The van der Waals surface area contributed by atoms with E-state index in [-0.39, 0.29) is 5.24 Å². The first-order chi connectivity index (χ1) is 9.04. The highest BCUT2D eigenvalue weighted by Gasteiger charge is 2.07. The Labute approximate surface area is 122 Å². The van der Waals surface area contributed by atoms with Gasteiger partial charge in [-0.15, -0.1) is 0 Å². The molecule has 0 saturated heterocycles. The zero-order chi connectivity index (χ0) is 13.8. The monoisotopic (exact) mass is 291 g/mol. The summed E-state index contributed by atoms with van der Waals surface area (Å²) < 4.78 is 0. The largest absolute Gasteiger partial charge is 0.316 e. The second-order valence-electron chi connectivity index (χ2n) is 4.29. The van der Waals surface area contributed by atoms with Crippen LogP contribution in [0.5, 0.6) is 0 Å². The lowest BCUT2D eigenvalue weighted by Crippen LogP contribution is -2.05. The first kappa shape index (κ1) is 14.0. The molecule has 0 aliphatic carbocycles. The zero-order valence-electron chi connectivity index (χ0n) is 10.7. The Bertz CT molecular complexity index is 613. The fourth-order valence-electron chi connectivity index (χ4n) is 1.69. The molecule has 98 valence electrons. The molecule has 0 saturated carbocycles. The van der Waals surface area contributed by atoms with Gasteiger partial charge in [-0.05, 0) is 61.5 Å². The first-order valence-corrected chi connectivity index (χ1v) is 7.06. The summed E-state index contributed by atoms with van der Waals surface area (Å²) in [5.41, 5.74) is 2.88. The van der Waals surface area contributed by atoms with Crippen LogP contribution in [0.1, 0.15) is 11.1 Å². The summed E-state index contributed by atoms with van der Waals surface area (Å²) >= 11 is 7.07. The van der Waals surface area contributed by atoms with Crippen LogP contribution in [-0.4, -0.2) is 5.24 Å². The van der Waals surface area contributed by atoms with Gasteiger partial charge in [0.2, 0.25) is 0 Å². The number of halogens is 1. The van der Waals surface area contributed by atoms with E-state index in [0.29, 0.717) is 5.02 Å². The molecule has 1 N–H and O–H groups in total. The molecule has 0 aromatic heterocycles. The number of carbonyl (C=O) groups is 1. The number of anilines is 1. The number of aryl methyl sites for hydroxylation is 2. The van der Waals surface area contributed by atoms with Gasteiger partial charge in [0.25, 0.3) is 5.24 Å². The van der Waals surface area contributed by atoms with Crippen molar-refractivity contribution in [1.29, 1.82) is 0 Å². The Hall–Kier alpha value is -1.45. The van der Waals surface area contributed by atoms with Gasteiger partial charge in [0.05, 0.1) is 0 Å². The molecule has 2 aromatic carbocycles. The molecule has 0 bridgehead atoms. The van der Waals surface area contributed by atoms with Crippen molar-refractivity contribution in [1.82, 2.24) is 0 Å². The predicted molar refractivity (Wildman–Crippen MR) is 82.2 cm³/mol. The summed E-state index contributed by atoms with van der Waals surface area (Å²) in [6.07, 6.45) is 0. The molecule has 0 heterocycles. The van der Waals surface area contributed by atoms with Gasteiger partial charge in [-0.2, -0.15) is 0 Å². The van der Waals surface area contributed by atoms with Gasteiger partial charge in [0, 0.05) is 15.6 Å². The normalized spacial score (nSPS) is 10.3. The van der Waals surface area contributed by atoms with Crippen molar-refractivity contribution in [2.24, 2.45) is 0 Å². The van der Waals surface area contributed by atoms with Gasteiger partial charge in [-0.3, -0.25) is 4.79 Å². The van der Waals surface area contributed by atoms with Crippen molar-refractivity contribution in [3.63, 3.8) is 0 Å². The number of rotatable bonds is 2. The van der Waals surface area contributed by atoms with Crippen LogP contribution >= 0.6 is 23.4 Å². The van der Waals surface area contributed by atoms with Crippen molar-refractivity contribution in [3.8, 4) is 0 Å². The van der Waals surface area contributed by atoms with Crippen LogP contribution in [0.3, 0.4) is 0 Å². The summed E-state index contributed by atoms with van der Waals surface area (Å²) in [5, 5.41) is 3.44. The SMILES string of the molecule is Cc1cccc(SC(=O)Nc2ccc(Cl)cc2C)c1. The van der Waals surface area contributed by atoms with Crippen LogP contribution < -0.4 is 5.32 Å².